The monoisotopic (exact) mass is 327 g/mol. The zero-order chi connectivity index (χ0) is 17.8. The quantitative estimate of drug-likeness (QED) is 0.571. The van der Waals surface area contributed by atoms with Gasteiger partial charge in [-0.2, -0.15) is 5.10 Å². The highest BCUT2D eigenvalue weighted by molar-refractivity contribution is 5.91. The van der Waals surface area contributed by atoms with Crippen molar-refractivity contribution in [3.8, 4) is 0 Å². The third-order valence-corrected chi connectivity index (χ3v) is 2.74. The van der Waals surface area contributed by atoms with Crippen molar-refractivity contribution < 1.29 is 14.3 Å². The summed E-state index contributed by atoms with van der Waals surface area (Å²) in [7, 11) is 0. The van der Waals surface area contributed by atoms with Gasteiger partial charge in [-0.1, -0.05) is 0 Å². The SMILES string of the molecule is C[C@@H](NC(=O)OC(C)(C)C)C(=O)C(N)Cn1cn[nH]c(=O)c1=O. The summed E-state index contributed by atoms with van der Waals surface area (Å²) in [6.07, 6.45) is 0.323. The Labute approximate surface area is 132 Å². The average molecular weight is 327 g/mol. The van der Waals surface area contributed by atoms with Crippen LogP contribution in [0.2, 0.25) is 0 Å². The normalized spacial score (nSPS) is 14.0. The number of aromatic amines is 1. The van der Waals surface area contributed by atoms with Crippen LogP contribution in [0.25, 0.3) is 0 Å². The van der Waals surface area contributed by atoms with E-state index in [-0.39, 0.29) is 6.54 Å². The molecule has 1 heterocycles. The van der Waals surface area contributed by atoms with Gasteiger partial charge in [0.2, 0.25) is 0 Å². The highest BCUT2D eigenvalue weighted by Crippen LogP contribution is 2.07. The number of carbonyl (C=O) groups excluding carboxylic acids is 2. The van der Waals surface area contributed by atoms with Crippen LogP contribution >= 0.6 is 0 Å². The summed E-state index contributed by atoms with van der Waals surface area (Å²) in [5.41, 5.74) is 3.26. The zero-order valence-corrected chi connectivity index (χ0v) is 13.5. The molecule has 10 heteroatoms. The number of Topliss-reactive ketones (excluding diaryl/α,β-unsaturated/α-hetero) is 1. The maximum atomic E-state index is 12.1. The average Bonchev–Trinajstić information content (AvgIpc) is 2.40. The summed E-state index contributed by atoms with van der Waals surface area (Å²) in [6.45, 7) is 6.30. The highest BCUT2D eigenvalue weighted by Gasteiger charge is 2.25. The lowest BCUT2D eigenvalue weighted by Gasteiger charge is -2.22. The maximum absolute atomic E-state index is 12.1. The molecule has 10 nitrogen and oxygen atoms in total. The Morgan fingerprint density at radius 3 is 2.61 bits per heavy atom. The predicted molar refractivity (Wildman–Crippen MR) is 80.9 cm³/mol. The fourth-order valence-corrected chi connectivity index (χ4v) is 1.70. The molecule has 1 rings (SSSR count). The van der Waals surface area contributed by atoms with Crippen molar-refractivity contribution >= 4 is 11.9 Å². The zero-order valence-electron chi connectivity index (χ0n) is 13.5. The second-order valence-electron chi connectivity index (χ2n) is 6.02. The Morgan fingerprint density at radius 1 is 1.43 bits per heavy atom. The minimum absolute atomic E-state index is 0.227. The molecule has 1 aromatic heterocycles. The van der Waals surface area contributed by atoms with Gasteiger partial charge in [-0.3, -0.25) is 19.0 Å². The highest BCUT2D eigenvalue weighted by atomic mass is 16.6. The number of ketones is 1. The van der Waals surface area contributed by atoms with Crippen LogP contribution in [-0.4, -0.2) is 44.3 Å². The number of rotatable bonds is 5. The number of H-pyrrole nitrogens is 1. The van der Waals surface area contributed by atoms with E-state index < -0.39 is 40.7 Å². The van der Waals surface area contributed by atoms with E-state index in [2.05, 4.69) is 10.4 Å². The van der Waals surface area contributed by atoms with Gasteiger partial charge in [-0.05, 0) is 27.7 Å². The van der Waals surface area contributed by atoms with Crippen molar-refractivity contribution in [3.05, 3.63) is 27.0 Å². The number of carbonyl (C=O) groups is 2. The molecule has 0 spiro atoms. The van der Waals surface area contributed by atoms with Crippen molar-refractivity contribution in [2.45, 2.75) is 51.9 Å². The van der Waals surface area contributed by atoms with Crippen molar-refractivity contribution in [3.63, 3.8) is 0 Å². The summed E-state index contributed by atoms with van der Waals surface area (Å²) in [5.74, 6) is -0.511. The standard InChI is InChI=1S/C13H21N5O5/c1-7(16-12(22)23-13(2,3)4)9(19)8(14)5-18-6-15-17-10(20)11(18)21/h6-8H,5,14H2,1-4H3,(H,16,22)(H,17,20)/t7-,8?/m1/s1. The van der Waals surface area contributed by atoms with E-state index in [0.29, 0.717) is 0 Å². The molecule has 0 bridgehead atoms. The fourth-order valence-electron chi connectivity index (χ4n) is 1.70. The summed E-state index contributed by atoms with van der Waals surface area (Å²) >= 11 is 0. The first-order chi connectivity index (χ1) is 10.5. The smallest absolute Gasteiger partial charge is 0.408 e. The van der Waals surface area contributed by atoms with Crippen LogP contribution in [0, 0.1) is 0 Å². The van der Waals surface area contributed by atoms with Gasteiger partial charge in [0.15, 0.2) is 5.78 Å². The minimum Gasteiger partial charge on any atom is -0.444 e. The van der Waals surface area contributed by atoms with Crippen LogP contribution in [0.5, 0.6) is 0 Å². The molecule has 1 unspecified atom stereocenters. The molecule has 0 saturated heterocycles. The number of ether oxygens (including phenoxy) is 1. The molecule has 2 atom stereocenters. The second kappa shape index (κ2) is 7.18. The van der Waals surface area contributed by atoms with Crippen LogP contribution in [0.1, 0.15) is 27.7 Å². The van der Waals surface area contributed by atoms with E-state index in [0.717, 1.165) is 10.9 Å². The topological polar surface area (TPSA) is 149 Å². The van der Waals surface area contributed by atoms with Crippen LogP contribution < -0.4 is 22.2 Å². The summed E-state index contributed by atoms with van der Waals surface area (Å²) < 4.78 is 5.97. The van der Waals surface area contributed by atoms with Gasteiger partial charge >= 0.3 is 17.2 Å². The Bertz CT molecular complexity index is 687. The minimum atomic E-state index is -1.10. The first-order valence-corrected chi connectivity index (χ1v) is 6.94. The molecule has 0 saturated carbocycles. The van der Waals surface area contributed by atoms with E-state index in [1.54, 1.807) is 20.8 Å². The number of nitrogens with zero attached hydrogens (tertiary/aromatic N) is 2. The molecule has 23 heavy (non-hydrogen) atoms. The number of aromatic nitrogens is 3. The van der Waals surface area contributed by atoms with Crippen molar-refractivity contribution in [2.24, 2.45) is 5.73 Å². The Hall–Kier alpha value is -2.49. The molecule has 0 fully saturated rings. The van der Waals surface area contributed by atoms with E-state index in [9.17, 15) is 19.2 Å². The molecule has 4 N–H and O–H groups in total. The van der Waals surface area contributed by atoms with E-state index in [1.807, 2.05) is 5.10 Å². The molecule has 128 valence electrons. The predicted octanol–water partition coefficient (Wildman–Crippen LogP) is -1.26. The number of nitrogens with two attached hydrogens (primary N) is 1. The lowest BCUT2D eigenvalue weighted by Crippen LogP contribution is -2.50. The molecule has 1 aromatic rings. The van der Waals surface area contributed by atoms with Gasteiger partial charge in [-0.15, -0.1) is 0 Å². The number of hydrogen-bond donors (Lipinski definition) is 3. The van der Waals surface area contributed by atoms with Gasteiger partial charge in [0.1, 0.15) is 11.9 Å². The molecular formula is C13H21N5O5. The second-order valence-corrected chi connectivity index (χ2v) is 6.02. The molecule has 0 radical (unpaired) electrons. The summed E-state index contributed by atoms with van der Waals surface area (Å²) in [6, 6.07) is -2.01. The van der Waals surface area contributed by atoms with Crippen LogP contribution in [0.15, 0.2) is 15.9 Å². The lowest BCUT2D eigenvalue weighted by atomic mass is 10.1. The number of hydrogen-bond acceptors (Lipinski definition) is 7. The molecule has 0 aliphatic heterocycles. The van der Waals surface area contributed by atoms with Gasteiger partial charge in [0.25, 0.3) is 0 Å². The molecule has 0 aliphatic carbocycles. The third-order valence-electron chi connectivity index (χ3n) is 2.74. The molecule has 1 amide bonds. The first-order valence-electron chi connectivity index (χ1n) is 6.94. The van der Waals surface area contributed by atoms with Crippen molar-refractivity contribution in [2.75, 3.05) is 0 Å². The Balaban J connectivity index is 2.69. The molecular weight excluding hydrogens is 306 g/mol. The maximum Gasteiger partial charge on any atom is 0.408 e. The van der Waals surface area contributed by atoms with Gasteiger partial charge in [0.05, 0.1) is 12.1 Å². The number of alkyl carbamates (subject to hydrolysis) is 1. The van der Waals surface area contributed by atoms with Crippen LogP contribution in [0.3, 0.4) is 0 Å². The first kappa shape index (κ1) is 18.6. The molecule has 0 aliphatic rings. The number of nitrogens with one attached hydrogen (secondary N) is 2. The van der Waals surface area contributed by atoms with Gasteiger partial charge < -0.3 is 15.8 Å². The summed E-state index contributed by atoms with van der Waals surface area (Å²) in [4.78, 5) is 46.5. The van der Waals surface area contributed by atoms with E-state index in [4.69, 9.17) is 10.5 Å². The van der Waals surface area contributed by atoms with Gasteiger partial charge in [-0.25, -0.2) is 9.89 Å². The van der Waals surface area contributed by atoms with Crippen molar-refractivity contribution in [1.82, 2.24) is 20.1 Å². The Morgan fingerprint density at radius 2 is 2.04 bits per heavy atom. The van der Waals surface area contributed by atoms with Crippen LogP contribution in [0.4, 0.5) is 4.79 Å². The fraction of sp³-hybridized carbons (Fsp3) is 0.615. The van der Waals surface area contributed by atoms with E-state index in [1.165, 1.54) is 6.92 Å². The lowest BCUT2D eigenvalue weighted by molar-refractivity contribution is -0.122. The Kier molecular flexibility index (Phi) is 5.79. The summed E-state index contributed by atoms with van der Waals surface area (Å²) in [5, 5.41) is 7.80. The van der Waals surface area contributed by atoms with Crippen molar-refractivity contribution in [1.29, 1.82) is 0 Å². The van der Waals surface area contributed by atoms with Gasteiger partial charge in [0, 0.05) is 6.54 Å². The largest absolute Gasteiger partial charge is 0.444 e. The van der Waals surface area contributed by atoms with E-state index >= 15 is 0 Å². The number of amides is 1. The molecule has 0 aromatic carbocycles. The van der Waals surface area contributed by atoms with Crippen LogP contribution in [-0.2, 0) is 16.1 Å². The third kappa shape index (κ3) is 5.66.